The predicted octanol–water partition coefficient (Wildman–Crippen LogP) is 4.23. The maximum Gasteiger partial charge on any atom is 0.203 e. The van der Waals surface area contributed by atoms with Gasteiger partial charge in [-0.1, -0.05) is 29.8 Å². The summed E-state index contributed by atoms with van der Waals surface area (Å²) in [4.78, 5) is 26.4. The van der Waals surface area contributed by atoms with E-state index in [1.54, 1.807) is 43.5 Å². The Bertz CT molecular complexity index is 1160. The van der Waals surface area contributed by atoms with Gasteiger partial charge in [0.1, 0.15) is 5.75 Å². The summed E-state index contributed by atoms with van der Waals surface area (Å²) >= 11 is 0. The topological polar surface area (TPSA) is 60.4 Å². The first-order chi connectivity index (χ1) is 13.0. The third kappa shape index (κ3) is 2.90. The highest BCUT2D eigenvalue weighted by atomic mass is 32.2. The summed E-state index contributed by atoms with van der Waals surface area (Å²) in [7, 11) is -0.162. The van der Waals surface area contributed by atoms with E-state index >= 15 is 0 Å². The van der Waals surface area contributed by atoms with Crippen molar-refractivity contribution in [3.8, 4) is 5.75 Å². The first-order valence-corrected chi connectivity index (χ1v) is 9.54. The monoisotopic (exact) mass is 376 g/mol. The molecule has 3 aromatic carbocycles. The Labute approximate surface area is 158 Å². The average molecular weight is 376 g/mol. The fourth-order valence-electron chi connectivity index (χ4n) is 3.20. The van der Waals surface area contributed by atoms with Crippen LogP contribution in [-0.2, 0) is 10.8 Å². The first kappa shape index (κ1) is 17.4. The molecule has 1 atom stereocenters. The van der Waals surface area contributed by atoms with E-state index in [0.717, 1.165) is 10.9 Å². The zero-order valence-corrected chi connectivity index (χ0v) is 15.6. The lowest BCUT2D eigenvalue weighted by atomic mass is 9.89. The van der Waals surface area contributed by atoms with Crippen LogP contribution in [0.3, 0.4) is 0 Å². The third-order valence-electron chi connectivity index (χ3n) is 4.64. The molecule has 0 radical (unpaired) electrons. The second-order valence-electron chi connectivity index (χ2n) is 6.36. The Morgan fingerprint density at radius 2 is 1.63 bits per heavy atom. The number of allylic oxidation sites excluding steroid dienone is 2. The minimum absolute atomic E-state index is 0.0126. The molecule has 0 aromatic heterocycles. The van der Waals surface area contributed by atoms with Crippen LogP contribution in [0.25, 0.3) is 10.8 Å². The van der Waals surface area contributed by atoms with E-state index in [1.807, 2.05) is 25.1 Å². The second-order valence-corrected chi connectivity index (χ2v) is 7.81. The van der Waals surface area contributed by atoms with Gasteiger partial charge in [-0.3, -0.25) is 9.59 Å². The molecule has 1 aliphatic rings. The van der Waals surface area contributed by atoms with Gasteiger partial charge in [0.25, 0.3) is 0 Å². The van der Waals surface area contributed by atoms with Crippen LogP contribution in [0.1, 0.15) is 26.3 Å². The molecule has 0 bridgehead atoms. The van der Waals surface area contributed by atoms with Gasteiger partial charge in [0.15, 0.2) is 5.78 Å². The van der Waals surface area contributed by atoms with Crippen molar-refractivity contribution < 1.29 is 18.5 Å². The third-order valence-corrected chi connectivity index (χ3v) is 6.04. The van der Waals surface area contributed by atoms with E-state index in [-0.39, 0.29) is 22.0 Å². The highest BCUT2D eigenvalue weighted by Gasteiger charge is 2.31. The maximum absolute atomic E-state index is 13.0. The number of rotatable bonds is 3. The van der Waals surface area contributed by atoms with Gasteiger partial charge < -0.3 is 4.74 Å². The summed E-state index contributed by atoms with van der Waals surface area (Å²) in [5.41, 5.74) is 1.64. The Kier molecular flexibility index (Phi) is 4.24. The molecule has 0 aliphatic heterocycles. The van der Waals surface area contributed by atoms with Crippen molar-refractivity contribution in [2.75, 3.05) is 7.11 Å². The number of fused-ring (bicyclic) bond motifs is 3. The first-order valence-electron chi connectivity index (χ1n) is 8.39. The number of carbonyl (C=O) groups excluding carboxylic acids is 2. The van der Waals surface area contributed by atoms with Crippen LogP contribution in [0.2, 0.25) is 0 Å². The van der Waals surface area contributed by atoms with E-state index in [0.29, 0.717) is 21.6 Å². The largest absolute Gasteiger partial charge is 0.497 e. The number of hydrogen-bond donors (Lipinski definition) is 0. The van der Waals surface area contributed by atoms with Gasteiger partial charge in [-0.2, -0.15) is 0 Å². The summed E-state index contributed by atoms with van der Waals surface area (Å²) in [6, 6.07) is 15.9. The molecule has 0 fully saturated rings. The van der Waals surface area contributed by atoms with Crippen molar-refractivity contribution in [3.05, 3.63) is 82.3 Å². The van der Waals surface area contributed by atoms with Crippen LogP contribution in [0.4, 0.5) is 0 Å². The standard InChI is InChI=1S/C22H16O4S/c1-13-3-8-16(9-4-13)27(25)20-12-19(23)21-17(22(20)24)10-6-14-5-7-15(26-2)11-18(14)21/h3-12H,1-2H3. The number of ether oxygens (including phenoxy) is 1. The predicted molar refractivity (Wildman–Crippen MR) is 105 cm³/mol. The lowest BCUT2D eigenvalue weighted by Gasteiger charge is -2.17. The van der Waals surface area contributed by atoms with Crippen LogP contribution in [0.15, 0.2) is 70.5 Å². The highest BCUT2D eigenvalue weighted by Crippen LogP contribution is 2.33. The van der Waals surface area contributed by atoms with E-state index in [1.165, 1.54) is 6.08 Å². The zero-order valence-electron chi connectivity index (χ0n) is 14.8. The van der Waals surface area contributed by atoms with Gasteiger partial charge in [0.05, 0.1) is 22.8 Å². The van der Waals surface area contributed by atoms with E-state index in [9.17, 15) is 13.8 Å². The molecule has 0 heterocycles. The SMILES string of the molecule is COc1ccc2ccc3c(c2c1)C(=O)C=C(S(=O)c1ccc(C)cc1)C3=O. The van der Waals surface area contributed by atoms with Gasteiger partial charge in [-0.25, -0.2) is 4.21 Å². The number of ketones is 2. The summed E-state index contributed by atoms with van der Waals surface area (Å²) in [6.07, 6.45) is 1.21. The van der Waals surface area contributed by atoms with Crippen LogP contribution in [0, 0.1) is 6.92 Å². The normalized spacial score (nSPS) is 14.7. The molecular weight excluding hydrogens is 360 g/mol. The maximum atomic E-state index is 13.0. The zero-order chi connectivity index (χ0) is 19.1. The van der Waals surface area contributed by atoms with E-state index in [4.69, 9.17) is 4.74 Å². The fourth-order valence-corrected chi connectivity index (χ4v) is 4.33. The lowest BCUT2D eigenvalue weighted by Crippen LogP contribution is -2.20. The molecule has 134 valence electrons. The summed E-state index contributed by atoms with van der Waals surface area (Å²) in [5.74, 6) is -0.0960. The van der Waals surface area contributed by atoms with Crippen molar-refractivity contribution >= 4 is 33.1 Å². The molecule has 27 heavy (non-hydrogen) atoms. The molecule has 0 amide bonds. The van der Waals surface area contributed by atoms with Crippen LogP contribution in [0.5, 0.6) is 5.75 Å². The van der Waals surface area contributed by atoms with Crippen molar-refractivity contribution in [1.29, 1.82) is 0 Å². The summed E-state index contributed by atoms with van der Waals surface area (Å²) < 4.78 is 18.1. The number of carbonyl (C=O) groups is 2. The van der Waals surface area contributed by atoms with Crippen LogP contribution in [-0.4, -0.2) is 22.9 Å². The molecule has 0 spiro atoms. The smallest absolute Gasteiger partial charge is 0.203 e. The Morgan fingerprint density at radius 1 is 0.926 bits per heavy atom. The van der Waals surface area contributed by atoms with E-state index < -0.39 is 10.8 Å². The second kappa shape index (κ2) is 6.59. The fraction of sp³-hybridized carbons (Fsp3) is 0.0909. The molecule has 0 N–H and O–H groups in total. The Balaban J connectivity index is 1.84. The molecule has 1 unspecified atom stereocenters. The molecule has 0 saturated carbocycles. The quantitative estimate of drug-likeness (QED) is 0.686. The van der Waals surface area contributed by atoms with Gasteiger partial charge in [-0.05, 0) is 48.0 Å². The molecule has 4 nitrogen and oxygen atoms in total. The van der Waals surface area contributed by atoms with Crippen molar-refractivity contribution in [1.82, 2.24) is 0 Å². The molecule has 0 saturated heterocycles. The minimum Gasteiger partial charge on any atom is -0.497 e. The molecule has 4 rings (SSSR count). The Hall–Kier alpha value is -3.05. The van der Waals surface area contributed by atoms with Crippen LogP contribution >= 0.6 is 0 Å². The van der Waals surface area contributed by atoms with Crippen LogP contribution < -0.4 is 4.74 Å². The number of hydrogen-bond acceptors (Lipinski definition) is 4. The summed E-state index contributed by atoms with van der Waals surface area (Å²) in [5, 5.41) is 1.49. The number of Topliss-reactive ketones (excluding diaryl/α,β-unsaturated/α-hetero) is 1. The number of aryl methyl sites for hydroxylation is 1. The average Bonchev–Trinajstić information content (AvgIpc) is 2.69. The molecule has 1 aliphatic carbocycles. The van der Waals surface area contributed by atoms with Gasteiger partial charge in [-0.15, -0.1) is 0 Å². The van der Waals surface area contributed by atoms with Crippen molar-refractivity contribution in [3.63, 3.8) is 0 Å². The minimum atomic E-state index is -1.71. The van der Waals surface area contributed by atoms with Gasteiger partial charge >= 0.3 is 0 Å². The number of methoxy groups -OCH3 is 1. The lowest BCUT2D eigenvalue weighted by molar-refractivity contribution is 0.0992. The van der Waals surface area contributed by atoms with Gasteiger partial charge in [0.2, 0.25) is 5.78 Å². The van der Waals surface area contributed by atoms with Crippen molar-refractivity contribution in [2.24, 2.45) is 0 Å². The Morgan fingerprint density at radius 3 is 2.33 bits per heavy atom. The molecule has 3 aromatic rings. The van der Waals surface area contributed by atoms with Gasteiger partial charge in [0, 0.05) is 22.1 Å². The van der Waals surface area contributed by atoms with E-state index in [2.05, 4.69) is 0 Å². The molecule has 5 heteroatoms. The van der Waals surface area contributed by atoms with Crippen molar-refractivity contribution in [2.45, 2.75) is 11.8 Å². The molecular formula is C22H16O4S. The summed E-state index contributed by atoms with van der Waals surface area (Å²) in [6.45, 7) is 1.93. The number of benzene rings is 3. The highest BCUT2D eigenvalue weighted by molar-refractivity contribution is 7.90.